The lowest BCUT2D eigenvalue weighted by Gasteiger charge is -2.36. The molecule has 182 valence electrons. The van der Waals surface area contributed by atoms with Crippen LogP contribution in [0.25, 0.3) is 0 Å². The normalized spacial score (nSPS) is 19.1. The fraction of sp³-hybridized carbons (Fsp3) is 0.591. The van der Waals surface area contributed by atoms with Crippen molar-refractivity contribution in [2.24, 2.45) is 5.92 Å². The molecule has 2 aliphatic heterocycles. The molecule has 33 heavy (non-hydrogen) atoms. The van der Waals surface area contributed by atoms with Crippen LogP contribution in [0.3, 0.4) is 0 Å². The van der Waals surface area contributed by atoms with Gasteiger partial charge in [0, 0.05) is 45.2 Å². The zero-order valence-electron chi connectivity index (χ0n) is 19.1. The molecule has 1 atom stereocenters. The zero-order chi connectivity index (χ0) is 24.0. The number of sulfonamides is 1. The van der Waals surface area contributed by atoms with E-state index in [1.807, 2.05) is 0 Å². The third-order valence-corrected chi connectivity index (χ3v) is 7.97. The molecule has 3 amide bonds. The Balaban J connectivity index is 1.46. The number of ether oxygens (including phenoxy) is 1. The van der Waals surface area contributed by atoms with E-state index < -0.39 is 16.1 Å². The van der Waals surface area contributed by atoms with Gasteiger partial charge in [0.2, 0.25) is 21.8 Å². The molecule has 0 aromatic heterocycles. The van der Waals surface area contributed by atoms with Crippen LogP contribution in [0.4, 0.5) is 4.79 Å². The van der Waals surface area contributed by atoms with Crippen molar-refractivity contribution in [1.82, 2.24) is 19.4 Å². The summed E-state index contributed by atoms with van der Waals surface area (Å²) in [5, 5.41) is 2.78. The number of nitrogens with zero attached hydrogens (tertiary/aromatic N) is 3. The maximum absolute atomic E-state index is 12.8. The number of hydrogen-bond donors (Lipinski definition) is 1. The second-order valence-corrected chi connectivity index (χ2v) is 10.2. The summed E-state index contributed by atoms with van der Waals surface area (Å²) in [5.41, 5.74) is 0. The highest BCUT2D eigenvalue weighted by Crippen LogP contribution is 2.24. The number of hydrogen-bond acceptors (Lipinski definition) is 6. The molecule has 2 aliphatic rings. The molecule has 11 heteroatoms. The van der Waals surface area contributed by atoms with E-state index in [1.54, 1.807) is 54.0 Å². The smallest absolute Gasteiger partial charge is 0.409 e. The summed E-state index contributed by atoms with van der Waals surface area (Å²) < 4.78 is 31.9. The van der Waals surface area contributed by atoms with Gasteiger partial charge in [-0.25, -0.2) is 13.2 Å². The largest absolute Gasteiger partial charge is 0.450 e. The Morgan fingerprint density at radius 3 is 2.15 bits per heavy atom. The summed E-state index contributed by atoms with van der Waals surface area (Å²) in [6.07, 6.45) is 0.417. The van der Waals surface area contributed by atoms with Crippen molar-refractivity contribution in [2.45, 2.75) is 37.6 Å². The summed E-state index contributed by atoms with van der Waals surface area (Å²) in [7, 11) is -3.57. The van der Waals surface area contributed by atoms with Gasteiger partial charge >= 0.3 is 6.09 Å². The van der Waals surface area contributed by atoms with Gasteiger partial charge in [0.25, 0.3) is 0 Å². The van der Waals surface area contributed by atoms with E-state index in [-0.39, 0.29) is 41.8 Å². The highest BCUT2D eigenvalue weighted by atomic mass is 32.2. The van der Waals surface area contributed by atoms with Crippen molar-refractivity contribution >= 4 is 27.9 Å². The van der Waals surface area contributed by atoms with Crippen LogP contribution >= 0.6 is 0 Å². The predicted molar refractivity (Wildman–Crippen MR) is 121 cm³/mol. The number of rotatable bonds is 6. The average molecular weight is 481 g/mol. The molecule has 1 N–H and O–H groups in total. The fourth-order valence-electron chi connectivity index (χ4n) is 4.09. The summed E-state index contributed by atoms with van der Waals surface area (Å²) >= 11 is 0. The van der Waals surface area contributed by atoms with Crippen LogP contribution in [0.5, 0.6) is 0 Å². The molecule has 2 fully saturated rings. The van der Waals surface area contributed by atoms with E-state index in [9.17, 15) is 22.8 Å². The molecule has 1 aromatic carbocycles. The predicted octanol–water partition coefficient (Wildman–Crippen LogP) is 0.893. The Hall–Kier alpha value is -2.66. The van der Waals surface area contributed by atoms with Gasteiger partial charge < -0.3 is 19.9 Å². The minimum absolute atomic E-state index is 0.198. The van der Waals surface area contributed by atoms with Crippen LogP contribution in [0.1, 0.15) is 26.7 Å². The van der Waals surface area contributed by atoms with E-state index in [0.717, 1.165) is 0 Å². The second-order valence-electron chi connectivity index (χ2n) is 8.23. The molecule has 0 aliphatic carbocycles. The molecule has 2 saturated heterocycles. The van der Waals surface area contributed by atoms with E-state index >= 15 is 0 Å². The highest BCUT2D eigenvalue weighted by Gasteiger charge is 2.34. The van der Waals surface area contributed by atoms with E-state index in [2.05, 4.69) is 5.32 Å². The Labute approximate surface area is 194 Å². The monoisotopic (exact) mass is 480 g/mol. The first-order valence-corrected chi connectivity index (χ1v) is 12.7. The first-order chi connectivity index (χ1) is 15.7. The second kappa shape index (κ2) is 11.0. The topological polar surface area (TPSA) is 116 Å². The number of piperazine rings is 1. The standard InChI is InChI=1S/C22H32N4O6S/c1-3-32-22(29)25-15-13-24(14-16-25)21(28)17(2)23-20(27)18-9-11-26(12-10-18)33(30,31)19-7-5-4-6-8-19/h4-8,17-18H,3,9-16H2,1-2H3,(H,23,27)/t17-/m1/s1. The molecule has 3 rings (SSSR count). The number of nitrogens with one attached hydrogen (secondary N) is 1. The minimum atomic E-state index is -3.57. The van der Waals surface area contributed by atoms with Crippen molar-refractivity contribution in [3.8, 4) is 0 Å². The number of carbonyl (C=O) groups excluding carboxylic acids is 3. The Bertz CT molecular complexity index is 939. The van der Waals surface area contributed by atoms with Gasteiger partial charge in [-0.2, -0.15) is 4.31 Å². The van der Waals surface area contributed by atoms with Gasteiger partial charge in [-0.15, -0.1) is 0 Å². The summed E-state index contributed by atoms with van der Waals surface area (Å²) in [6, 6.07) is 7.56. The van der Waals surface area contributed by atoms with E-state index in [0.29, 0.717) is 45.6 Å². The van der Waals surface area contributed by atoms with Gasteiger partial charge in [-0.1, -0.05) is 18.2 Å². The van der Waals surface area contributed by atoms with Crippen LogP contribution < -0.4 is 5.32 Å². The minimum Gasteiger partial charge on any atom is -0.450 e. The molecule has 0 bridgehead atoms. The Morgan fingerprint density at radius 1 is 1.00 bits per heavy atom. The van der Waals surface area contributed by atoms with Crippen LogP contribution in [-0.4, -0.2) is 92.3 Å². The van der Waals surface area contributed by atoms with Crippen LogP contribution in [0.15, 0.2) is 35.2 Å². The third-order valence-electron chi connectivity index (χ3n) is 6.05. The average Bonchev–Trinajstić information content (AvgIpc) is 2.84. The molecule has 0 unspecified atom stereocenters. The molecule has 10 nitrogen and oxygen atoms in total. The maximum Gasteiger partial charge on any atom is 0.409 e. The molecule has 0 radical (unpaired) electrons. The summed E-state index contributed by atoms with van der Waals surface area (Å²) in [4.78, 5) is 40.7. The molecule has 0 saturated carbocycles. The summed E-state index contributed by atoms with van der Waals surface area (Å²) in [5.74, 6) is -0.781. The quantitative estimate of drug-likeness (QED) is 0.647. The van der Waals surface area contributed by atoms with Crippen LogP contribution in [0.2, 0.25) is 0 Å². The number of piperidine rings is 1. The van der Waals surface area contributed by atoms with E-state index in [1.165, 1.54) is 4.31 Å². The number of benzene rings is 1. The number of carbonyl (C=O) groups is 3. The van der Waals surface area contributed by atoms with Crippen LogP contribution in [0, 0.1) is 5.92 Å². The van der Waals surface area contributed by atoms with Crippen molar-refractivity contribution in [2.75, 3.05) is 45.9 Å². The van der Waals surface area contributed by atoms with Gasteiger partial charge in [-0.05, 0) is 38.8 Å². The van der Waals surface area contributed by atoms with Gasteiger partial charge in [0.05, 0.1) is 11.5 Å². The molecule has 1 aromatic rings. The maximum atomic E-state index is 12.8. The van der Waals surface area contributed by atoms with Gasteiger partial charge in [0.1, 0.15) is 6.04 Å². The summed E-state index contributed by atoms with van der Waals surface area (Å²) in [6.45, 7) is 5.75. The van der Waals surface area contributed by atoms with Crippen molar-refractivity contribution < 1.29 is 27.5 Å². The van der Waals surface area contributed by atoms with Crippen molar-refractivity contribution in [1.29, 1.82) is 0 Å². The third kappa shape index (κ3) is 6.02. The molecule has 0 spiro atoms. The first-order valence-electron chi connectivity index (χ1n) is 11.3. The van der Waals surface area contributed by atoms with E-state index in [4.69, 9.17) is 4.74 Å². The zero-order valence-corrected chi connectivity index (χ0v) is 19.9. The SMILES string of the molecule is CCOC(=O)N1CCN(C(=O)[C@@H](C)NC(=O)C2CCN(S(=O)(=O)c3ccccc3)CC2)CC1. The van der Waals surface area contributed by atoms with Crippen molar-refractivity contribution in [3.05, 3.63) is 30.3 Å². The molecular formula is C22H32N4O6S. The highest BCUT2D eigenvalue weighted by molar-refractivity contribution is 7.89. The van der Waals surface area contributed by atoms with Gasteiger partial charge in [-0.3, -0.25) is 9.59 Å². The molecule has 2 heterocycles. The molecular weight excluding hydrogens is 448 g/mol. The Kier molecular flexibility index (Phi) is 8.30. The van der Waals surface area contributed by atoms with Crippen LogP contribution in [-0.2, 0) is 24.3 Å². The lowest BCUT2D eigenvalue weighted by Crippen LogP contribution is -2.56. The Morgan fingerprint density at radius 2 is 1.58 bits per heavy atom. The number of amides is 3. The lowest BCUT2D eigenvalue weighted by atomic mass is 9.97. The first kappa shape index (κ1) is 25.0. The fourth-order valence-corrected chi connectivity index (χ4v) is 5.58. The lowest BCUT2D eigenvalue weighted by molar-refractivity contribution is -0.138. The van der Waals surface area contributed by atoms with Crippen molar-refractivity contribution in [3.63, 3.8) is 0 Å². The van der Waals surface area contributed by atoms with Gasteiger partial charge in [0.15, 0.2) is 0 Å².